The normalized spacial score (nSPS) is 9.71. The standard InChI is InChI=1S/C14H20N2O/c1-3-4-8-11-16(2)14(17)15-12-13-9-6-5-7-10-13/h3,5-7,9-10H,1,4,8,11-12H2,2H3,(H,15,17). The summed E-state index contributed by atoms with van der Waals surface area (Å²) in [5, 5.41) is 2.89. The Morgan fingerprint density at radius 1 is 1.41 bits per heavy atom. The van der Waals surface area contributed by atoms with Gasteiger partial charge >= 0.3 is 6.03 Å². The van der Waals surface area contributed by atoms with Gasteiger partial charge in [-0.1, -0.05) is 36.4 Å². The van der Waals surface area contributed by atoms with Crippen molar-refractivity contribution in [3.05, 3.63) is 48.6 Å². The zero-order valence-corrected chi connectivity index (χ0v) is 10.4. The molecule has 0 aliphatic heterocycles. The van der Waals surface area contributed by atoms with Crippen LogP contribution in [0.4, 0.5) is 4.79 Å². The Morgan fingerprint density at radius 2 is 2.12 bits per heavy atom. The Morgan fingerprint density at radius 3 is 2.76 bits per heavy atom. The molecule has 3 heteroatoms. The van der Waals surface area contributed by atoms with Crippen LogP contribution >= 0.6 is 0 Å². The molecule has 0 bridgehead atoms. The van der Waals surface area contributed by atoms with E-state index in [4.69, 9.17) is 0 Å². The smallest absolute Gasteiger partial charge is 0.317 e. The molecule has 1 rings (SSSR count). The van der Waals surface area contributed by atoms with Crippen LogP contribution in [-0.4, -0.2) is 24.5 Å². The first kappa shape index (κ1) is 13.3. The molecule has 92 valence electrons. The highest BCUT2D eigenvalue weighted by molar-refractivity contribution is 5.73. The van der Waals surface area contributed by atoms with E-state index in [1.807, 2.05) is 43.5 Å². The molecule has 0 atom stereocenters. The number of hydrogen-bond acceptors (Lipinski definition) is 1. The molecule has 0 saturated heterocycles. The van der Waals surface area contributed by atoms with Crippen LogP contribution in [0.1, 0.15) is 18.4 Å². The van der Waals surface area contributed by atoms with Crippen molar-refractivity contribution < 1.29 is 4.79 Å². The van der Waals surface area contributed by atoms with Crippen molar-refractivity contribution in [2.24, 2.45) is 0 Å². The predicted molar refractivity (Wildman–Crippen MR) is 70.7 cm³/mol. The van der Waals surface area contributed by atoms with E-state index >= 15 is 0 Å². The molecular formula is C14H20N2O. The van der Waals surface area contributed by atoms with Crippen LogP contribution in [0.25, 0.3) is 0 Å². The minimum atomic E-state index is -0.0297. The fourth-order valence-electron chi connectivity index (χ4n) is 1.48. The second-order valence-corrected chi connectivity index (χ2v) is 4.00. The summed E-state index contributed by atoms with van der Waals surface area (Å²) in [5.74, 6) is 0. The van der Waals surface area contributed by atoms with Crippen molar-refractivity contribution in [1.29, 1.82) is 0 Å². The zero-order valence-electron chi connectivity index (χ0n) is 10.4. The van der Waals surface area contributed by atoms with Gasteiger partial charge in [0.15, 0.2) is 0 Å². The second kappa shape index (κ2) is 7.49. The van der Waals surface area contributed by atoms with Gasteiger partial charge in [-0.15, -0.1) is 6.58 Å². The molecule has 0 spiro atoms. The summed E-state index contributed by atoms with van der Waals surface area (Å²) in [6.45, 7) is 4.99. The average Bonchev–Trinajstić information content (AvgIpc) is 2.37. The molecule has 0 fully saturated rings. The number of nitrogens with zero attached hydrogens (tertiary/aromatic N) is 1. The van der Waals surface area contributed by atoms with Gasteiger partial charge in [-0.05, 0) is 18.4 Å². The van der Waals surface area contributed by atoms with Gasteiger partial charge in [-0.25, -0.2) is 4.79 Å². The molecule has 2 amide bonds. The van der Waals surface area contributed by atoms with Crippen molar-refractivity contribution in [2.75, 3.05) is 13.6 Å². The van der Waals surface area contributed by atoms with Crippen LogP contribution in [0.3, 0.4) is 0 Å². The third kappa shape index (κ3) is 5.20. The highest BCUT2D eigenvalue weighted by Crippen LogP contribution is 1.98. The molecule has 0 aromatic heterocycles. The average molecular weight is 232 g/mol. The van der Waals surface area contributed by atoms with Gasteiger partial charge < -0.3 is 10.2 Å². The van der Waals surface area contributed by atoms with Crippen molar-refractivity contribution in [1.82, 2.24) is 10.2 Å². The Bertz CT molecular complexity index is 348. The van der Waals surface area contributed by atoms with Gasteiger partial charge in [0.1, 0.15) is 0 Å². The maximum absolute atomic E-state index is 11.7. The Kier molecular flexibility index (Phi) is 5.86. The number of rotatable bonds is 6. The number of urea groups is 1. The van der Waals surface area contributed by atoms with Crippen LogP contribution in [0.2, 0.25) is 0 Å². The van der Waals surface area contributed by atoms with E-state index < -0.39 is 0 Å². The summed E-state index contributed by atoms with van der Waals surface area (Å²) in [6, 6.07) is 9.87. The number of carbonyl (C=O) groups excluding carboxylic acids is 1. The number of amides is 2. The molecule has 17 heavy (non-hydrogen) atoms. The van der Waals surface area contributed by atoms with Crippen molar-refractivity contribution in [3.8, 4) is 0 Å². The molecule has 1 aromatic carbocycles. The van der Waals surface area contributed by atoms with Crippen LogP contribution in [-0.2, 0) is 6.54 Å². The monoisotopic (exact) mass is 232 g/mol. The minimum Gasteiger partial charge on any atom is -0.334 e. The topological polar surface area (TPSA) is 32.3 Å². The molecule has 1 aromatic rings. The number of unbranched alkanes of at least 4 members (excludes halogenated alkanes) is 1. The van der Waals surface area contributed by atoms with Crippen LogP contribution in [0.15, 0.2) is 43.0 Å². The predicted octanol–water partition coefficient (Wildman–Crippen LogP) is 2.79. The highest BCUT2D eigenvalue weighted by atomic mass is 16.2. The van der Waals surface area contributed by atoms with Gasteiger partial charge in [-0.3, -0.25) is 0 Å². The van der Waals surface area contributed by atoms with Crippen LogP contribution < -0.4 is 5.32 Å². The Balaban J connectivity index is 2.26. The molecule has 0 unspecified atom stereocenters. The zero-order chi connectivity index (χ0) is 12.5. The van der Waals surface area contributed by atoms with Gasteiger partial charge in [0.05, 0.1) is 0 Å². The molecule has 0 aliphatic carbocycles. The third-order valence-electron chi connectivity index (χ3n) is 2.54. The lowest BCUT2D eigenvalue weighted by Gasteiger charge is -2.17. The second-order valence-electron chi connectivity index (χ2n) is 4.00. The number of nitrogens with one attached hydrogen (secondary N) is 1. The maximum Gasteiger partial charge on any atom is 0.317 e. The van der Waals surface area contributed by atoms with Gasteiger partial charge in [0, 0.05) is 20.1 Å². The summed E-state index contributed by atoms with van der Waals surface area (Å²) < 4.78 is 0. The maximum atomic E-state index is 11.7. The van der Waals surface area contributed by atoms with E-state index in [-0.39, 0.29) is 6.03 Å². The van der Waals surface area contributed by atoms with Gasteiger partial charge in [-0.2, -0.15) is 0 Å². The first-order valence-corrected chi connectivity index (χ1v) is 5.88. The number of carbonyl (C=O) groups is 1. The fraction of sp³-hybridized carbons (Fsp3) is 0.357. The first-order chi connectivity index (χ1) is 8.24. The largest absolute Gasteiger partial charge is 0.334 e. The fourth-order valence-corrected chi connectivity index (χ4v) is 1.48. The summed E-state index contributed by atoms with van der Waals surface area (Å²) in [6.07, 6.45) is 3.77. The van der Waals surface area contributed by atoms with Crippen LogP contribution in [0, 0.1) is 0 Å². The lowest BCUT2D eigenvalue weighted by atomic mass is 10.2. The molecule has 0 radical (unpaired) electrons. The van der Waals surface area contributed by atoms with Crippen LogP contribution in [0.5, 0.6) is 0 Å². The molecule has 1 N–H and O–H groups in total. The number of allylic oxidation sites excluding steroid dienone is 1. The van der Waals surface area contributed by atoms with E-state index in [2.05, 4.69) is 11.9 Å². The van der Waals surface area contributed by atoms with E-state index in [9.17, 15) is 4.79 Å². The van der Waals surface area contributed by atoms with Crippen molar-refractivity contribution in [3.63, 3.8) is 0 Å². The lowest BCUT2D eigenvalue weighted by Crippen LogP contribution is -2.37. The van der Waals surface area contributed by atoms with Crippen molar-refractivity contribution >= 4 is 6.03 Å². The SMILES string of the molecule is C=CCCCN(C)C(=O)NCc1ccccc1. The first-order valence-electron chi connectivity index (χ1n) is 5.88. The van der Waals surface area contributed by atoms with E-state index in [1.54, 1.807) is 4.90 Å². The molecule has 0 saturated carbocycles. The lowest BCUT2D eigenvalue weighted by molar-refractivity contribution is 0.208. The third-order valence-corrected chi connectivity index (χ3v) is 2.54. The molecule has 0 aliphatic rings. The molecule has 0 heterocycles. The van der Waals surface area contributed by atoms with Gasteiger partial charge in [0.2, 0.25) is 0 Å². The number of benzene rings is 1. The Labute approximate surface area is 103 Å². The molecule has 3 nitrogen and oxygen atoms in total. The van der Waals surface area contributed by atoms with Crippen molar-refractivity contribution in [2.45, 2.75) is 19.4 Å². The van der Waals surface area contributed by atoms with E-state index in [1.165, 1.54) is 0 Å². The number of hydrogen-bond donors (Lipinski definition) is 1. The molecular weight excluding hydrogens is 212 g/mol. The quantitative estimate of drug-likeness (QED) is 0.593. The van der Waals surface area contributed by atoms with E-state index in [0.29, 0.717) is 6.54 Å². The highest BCUT2D eigenvalue weighted by Gasteiger charge is 2.06. The summed E-state index contributed by atoms with van der Waals surface area (Å²) >= 11 is 0. The Hall–Kier alpha value is -1.77. The summed E-state index contributed by atoms with van der Waals surface area (Å²) in [4.78, 5) is 13.4. The minimum absolute atomic E-state index is 0.0297. The summed E-state index contributed by atoms with van der Waals surface area (Å²) in [7, 11) is 1.81. The van der Waals surface area contributed by atoms with Gasteiger partial charge in [0.25, 0.3) is 0 Å². The van der Waals surface area contributed by atoms with E-state index in [0.717, 1.165) is 24.9 Å². The summed E-state index contributed by atoms with van der Waals surface area (Å²) in [5.41, 5.74) is 1.11.